The maximum Gasteiger partial charge on any atom is 0.0994 e. The number of halogens is 1. The Hall–Kier alpha value is -0.760. The van der Waals surface area contributed by atoms with Gasteiger partial charge in [0.1, 0.15) is 0 Å². The van der Waals surface area contributed by atoms with E-state index in [0.29, 0.717) is 5.56 Å². The Balaban J connectivity index is 3.40. The van der Waals surface area contributed by atoms with Crippen molar-refractivity contribution in [3.8, 4) is 6.07 Å². The minimum absolute atomic E-state index is 0.698. The first kappa shape index (κ1) is 8.34. The van der Waals surface area contributed by atoms with E-state index in [0.717, 1.165) is 14.8 Å². The Morgan fingerprint density at radius 2 is 2.18 bits per heavy atom. The normalized spacial score (nSPS) is 9.18. The Morgan fingerprint density at radius 3 is 2.73 bits per heavy atom. The Bertz CT molecular complexity index is 326. The van der Waals surface area contributed by atoms with Gasteiger partial charge in [0.15, 0.2) is 0 Å². The zero-order chi connectivity index (χ0) is 8.43. The topological polar surface area (TPSA) is 49.8 Å². The molecule has 0 saturated heterocycles. The molecule has 1 aromatic rings. The van der Waals surface area contributed by atoms with E-state index >= 15 is 0 Å². The molecular weight excluding hydrogens is 251 g/mol. The minimum atomic E-state index is 0.698. The molecule has 0 spiro atoms. The molecule has 0 aliphatic rings. The van der Waals surface area contributed by atoms with E-state index in [-0.39, 0.29) is 0 Å². The molecule has 0 aliphatic carbocycles. The van der Waals surface area contributed by atoms with Crippen molar-refractivity contribution < 1.29 is 0 Å². The molecule has 0 atom stereocenters. The van der Waals surface area contributed by atoms with Crippen LogP contribution in [-0.2, 0) is 0 Å². The molecule has 0 bridgehead atoms. The van der Waals surface area contributed by atoms with Crippen LogP contribution in [0.2, 0.25) is 0 Å². The first-order chi connectivity index (χ1) is 5.16. The van der Waals surface area contributed by atoms with Crippen molar-refractivity contribution >= 4 is 28.3 Å². The Kier molecular flexibility index (Phi) is 2.35. The number of nitrogens with two attached hydrogens (primary N) is 1. The van der Waals surface area contributed by atoms with Crippen molar-refractivity contribution in [2.24, 2.45) is 0 Å². The lowest BCUT2D eigenvalue weighted by atomic mass is 10.1. The van der Waals surface area contributed by atoms with Gasteiger partial charge in [-0.1, -0.05) is 0 Å². The number of nitrogens with zero attached hydrogens (tertiary/aromatic N) is 1. The molecule has 0 aliphatic heterocycles. The number of nitriles is 1. The molecule has 0 heterocycles. The van der Waals surface area contributed by atoms with Gasteiger partial charge in [0.25, 0.3) is 0 Å². The van der Waals surface area contributed by atoms with Crippen molar-refractivity contribution in [1.29, 1.82) is 5.26 Å². The molecular formula is C8H7IN2. The van der Waals surface area contributed by atoms with Crippen LogP contribution in [-0.4, -0.2) is 0 Å². The van der Waals surface area contributed by atoms with Crippen LogP contribution >= 0.6 is 22.6 Å². The van der Waals surface area contributed by atoms with Crippen LogP contribution < -0.4 is 5.73 Å². The second-order valence-electron chi connectivity index (χ2n) is 2.25. The van der Waals surface area contributed by atoms with Gasteiger partial charge in [-0.2, -0.15) is 5.26 Å². The van der Waals surface area contributed by atoms with Crippen molar-refractivity contribution in [2.45, 2.75) is 6.92 Å². The van der Waals surface area contributed by atoms with Gasteiger partial charge in [-0.05, 0) is 47.2 Å². The first-order valence-corrected chi connectivity index (χ1v) is 4.19. The van der Waals surface area contributed by atoms with Gasteiger partial charge in [-0.3, -0.25) is 0 Å². The van der Waals surface area contributed by atoms with E-state index in [2.05, 4.69) is 28.7 Å². The molecule has 2 nitrogen and oxygen atoms in total. The van der Waals surface area contributed by atoms with E-state index < -0.39 is 0 Å². The fourth-order valence-electron chi connectivity index (χ4n) is 0.827. The van der Waals surface area contributed by atoms with E-state index in [1.54, 1.807) is 12.1 Å². The third kappa shape index (κ3) is 1.46. The predicted molar refractivity (Wildman–Crippen MR) is 53.0 cm³/mol. The van der Waals surface area contributed by atoms with Gasteiger partial charge in [-0.25, -0.2) is 0 Å². The highest BCUT2D eigenvalue weighted by Gasteiger charge is 2.03. The molecule has 1 rings (SSSR count). The summed E-state index contributed by atoms with van der Waals surface area (Å²) in [6, 6.07) is 5.60. The van der Waals surface area contributed by atoms with Crippen LogP contribution in [0.25, 0.3) is 0 Å². The summed E-state index contributed by atoms with van der Waals surface area (Å²) in [4.78, 5) is 0. The monoisotopic (exact) mass is 258 g/mol. The summed E-state index contributed by atoms with van der Waals surface area (Å²) in [5.74, 6) is 0. The maximum atomic E-state index is 8.64. The van der Waals surface area contributed by atoms with Gasteiger partial charge in [0.2, 0.25) is 0 Å². The second kappa shape index (κ2) is 3.09. The SMILES string of the molecule is Cc1c(C#N)ccc(N)c1I. The molecule has 0 unspecified atom stereocenters. The standard InChI is InChI=1S/C8H7IN2/c1-5-6(4-10)2-3-7(11)8(5)9/h2-3H,11H2,1H3. The Morgan fingerprint density at radius 1 is 1.55 bits per heavy atom. The summed E-state index contributed by atoms with van der Waals surface area (Å²) in [7, 11) is 0. The minimum Gasteiger partial charge on any atom is -0.398 e. The molecule has 0 amide bonds. The second-order valence-corrected chi connectivity index (χ2v) is 3.33. The van der Waals surface area contributed by atoms with E-state index in [9.17, 15) is 0 Å². The van der Waals surface area contributed by atoms with Crippen LogP contribution in [0.1, 0.15) is 11.1 Å². The number of nitrogen functional groups attached to an aromatic ring is 1. The molecule has 2 N–H and O–H groups in total. The number of benzene rings is 1. The maximum absolute atomic E-state index is 8.64. The highest BCUT2D eigenvalue weighted by Crippen LogP contribution is 2.21. The van der Waals surface area contributed by atoms with Gasteiger partial charge >= 0.3 is 0 Å². The van der Waals surface area contributed by atoms with Crippen molar-refractivity contribution in [1.82, 2.24) is 0 Å². The average Bonchev–Trinajstić information content (AvgIpc) is 2.01. The number of hydrogen-bond donors (Lipinski definition) is 1. The molecule has 1 aromatic carbocycles. The van der Waals surface area contributed by atoms with Gasteiger partial charge in [0.05, 0.1) is 11.6 Å². The molecule has 3 heteroatoms. The van der Waals surface area contributed by atoms with Crippen LogP contribution in [0.5, 0.6) is 0 Å². The predicted octanol–water partition coefficient (Wildman–Crippen LogP) is 2.05. The molecule has 56 valence electrons. The number of anilines is 1. The van der Waals surface area contributed by atoms with Gasteiger partial charge < -0.3 is 5.73 Å². The van der Waals surface area contributed by atoms with E-state index in [1.807, 2.05) is 6.92 Å². The highest BCUT2D eigenvalue weighted by atomic mass is 127. The summed E-state index contributed by atoms with van der Waals surface area (Å²) in [6.07, 6.45) is 0. The molecule has 0 aromatic heterocycles. The lowest BCUT2D eigenvalue weighted by Gasteiger charge is -2.02. The summed E-state index contributed by atoms with van der Waals surface area (Å²) >= 11 is 2.14. The molecule has 0 fully saturated rings. The van der Waals surface area contributed by atoms with Gasteiger partial charge in [0, 0.05) is 9.26 Å². The van der Waals surface area contributed by atoms with Crippen LogP contribution in [0.4, 0.5) is 5.69 Å². The van der Waals surface area contributed by atoms with Crippen molar-refractivity contribution in [2.75, 3.05) is 5.73 Å². The third-order valence-electron chi connectivity index (χ3n) is 1.54. The molecule has 0 radical (unpaired) electrons. The summed E-state index contributed by atoms with van der Waals surface area (Å²) in [5.41, 5.74) is 8.03. The van der Waals surface area contributed by atoms with Crippen molar-refractivity contribution in [3.05, 3.63) is 26.8 Å². The first-order valence-electron chi connectivity index (χ1n) is 3.11. The lowest BCUT2D eigenvalue weighted by molar-refractivity contribution is 1.37. The quantitative estimate of drug-likeness (QED) is 0.572. The lowest BCUT2D eigenvalue weighted by Crippen LogP contribution is -1.94. The summed E-state index contributed by atoms with van der Waals surface area (Å²) in [6.45, 7) is 1.90. The van der Waals surface area contributed by atoms with Crippen LogP contribution in [0, 0.1) is 21.8 Å². The third-order valence-corrected chi connectivity index (χ3v) is 2.97. The molecule has 0 saturated carbocycles. The average molecular weight is 258 g/mol. The summed E-state index contributed by atoms with van der Waals surface area (Å²) in [5, 5.41) is 8.64. The van der Waals surface area contributed by atoms with E-state index in [1.165, 1.54) is 0 Å². The summed E-state index contributed by atoms with van der Waals surface area (Å²) < 4.78 is 0.974. The van der Waals surface area contributed by atoms with Crippen molar-refractivity contribution in [3.63, 3.8) is 0 Å². The highest BCUT2D eigenvalue weighted by molar-refractivity contribution is 14.1. The van der Waals surface area contributed by atoms with E-state index in [4.69, 9.17) is 11.0 Å². The fraction of sp³-hybridized carbons (Fsp3) is 0.125. The fourth-order valence-corrected chi connectivity index (χ4v) is 1.30. The zero-order valence-corrected chi connectivity index (χ0v) is 8.21. The Labute approximate surface area is 79.2 Å². The molecule has 11 heavy (non-hydrogen) atoms. The largest absolute Gasteiger partial charge is 0.398 e. The van der Waals surface area contributed by atoms with Crippen LogP contribution in [0.3, 0.4) is 0 Å². The smallest absolute Gasteiger partial charge is 0.0994 e. The number of hydrogen-bond acceptors (Lipinski definition) is 2. The number of rotatable bonds is 0. The zero-order valence-electron chi connectivity index (χ0n) is 6.06. The van der Waals surface area contributed by atoms with Gasteiger partial charge in [-0.15, -0.1) is 0 Å². The van der Waals surface area contributed by atoms with Crippen LogP contribution in [0.15, 0.2) is 12.1 Å².